The van der Waals surface area contributed by atoms with E-state index in [0.717, 1.165) is 16.8 Å². The summed E-state index contributed by atoms with van der Waals surface area (Å²) in [5.74, 6) is 0.494. The molecule has 0 saturated carbocycles. The van der Waals surface area contributed by atoms with Gasteiger partial charge in [-0.3, -0.25) is 15.1 Å². The summed E-state index contributed by atoms with van der Waals surface area (Å²) in [4.78, 5) is 17.0. The molecule has 5 nitrogen and oxygen atoms in total. The van der Waals surface area contributed by atoms with Crippen LogP contribution in [0.2, 0.25) is 0 Å². The van der Waals surface area contributed by atoms with Gasteiger partial charge in [0, 0.05) is 6.20 Å². The van der Waals surface area contributed by atoms with Crippen LogP contribution in [-0.2, 0) is 4.79 Å². The van der Waals surface area contributed by atoms with Crippen LogP contribution in [0.25, 0.3) is 0 Å². The summed E-state index contributed by atoms with van der Waals surface area (Å²) in [6.45, 7) is 2.12. The van der Waals surface area contributed by atoms with Gasteiger partial charge in [0.1, 0.15) is 5.75 Å². The van der Waals surface area contributed by atoms with Crippen molar-refractivity contribution >= 4 is 11.6 Å². The predicted octanol–water partition coefficient (Wildman–Crippen LogP) is 3.72. The number of aromatic nitrogens is 1. The standard InChI is InChI=1S/C22H23N3O2/c1-16-11-12-20(27-2)19(14-16)25-21(26)15-24-22(17-8-4-3-5-9-17)18-10-6-7-13-23-18/h3-14,22,24H,15H2,1-2H3,(H,25,26). The van der Waals surface area contributed by atoms with Gasteiger partial charge < -0.3 is 10.1 Å². The largest absolute Gasteiger partial charge is 0.495 e. The second kappa shape index (κ2) is 8.96. The summed E-state index contributed by atoms with van der Waals surface area (Å²) in [7, 11) is 1.59. The summed E-state index contributed by atoms with van der Waals surface area (Å²) in [6.07, 6.45) is 1.75. The lowest BCUT2D eigenvalue weighted by molar-refractivity contribution is -0.115. The number of carbonyl (C=O) groups excluding carboxylic acids is 1. The number of rotatable bonds is 7. The normalized spacial score (nSPS) is 11.6. The highest BCUT2D eigenvalue weighted by molar-refractivity contribution is 5.93. The molecule has 27 heavy (non-hydrogen) atoms. The number of hydrogen-bond acceptors (Lipinski definition) is 4. The Morgan fingerprint density at radius 1 is 1.07 bits per heavy atom. The molecule has 2 N–H and O–H groups in total. The van der Waals surface area contributed by atoms with Crippen molar-refractivity contribution in [3.63, 3.8) is 0 Å². The first-order chi connectivity index (χ1) is 13.2. The number of nitrogens with one attached hydrogen (secondary N) is 2. The van der Waals surface area contributed by atoms with Gasteiger partial charge in [0.2, 0.25) is 5.91 Å². The van der Waals surface area contributed by atoms with Crippen molar-refractivity contribution in [2.45, 2.75) is 13.0 Å². The van der Waals surface area contributed by atoms with Crippen molar-refractivity contribution in [2.24, 2.45) is 0 Å². The number of nitrogens with zero attached hydrogens (tertiary/aromatic N) is 1. The highest BCUT2D eigenvalue weighted by Crippen LogP contribution is 2.25. The van der Waals surface area contributed by atoms with Crippen LogP contribution >= 0.6 is 0 Å². The maximum absolute atomic E-state index is 12.5. The number of ether oxygens (including phenoxy) is 1. The molecule has 0 bridgehead atoms. The van der Waals surface area contributed by atoms with Crippen LogP contribution in [0, 0.1) is 6.92 Å². The number of methoxy groups -OCH3 is 1. The molecule has 0 radical (unpaired) electrons. The number of carbonyl (C=O) groups is 1. The molecule has 0 aliphatic rings. The molecule has 0 spiro atoms. The number of pyridine rings is 1. The van der Waals surface area contributed by atoms with E-state index in [-0.39, 0.29) is 18.5 Å². The van der Waals surface area contributed by atoms with Crippen LogP contribution in [0.15, 0.2) is 72.9 Å². The summed E-state index contributed by atoms with van der Waals surface area (Å²) >= 11 is 0. The average Bonchev–Trinajstić information content (AvgIpc) is 2.70. The van der Waals surface area contributed by atoms with Crippen LogP contribution in [0.3, 0.4) is 0 Å². The Morgan fingerprint density at radius 2 is 1.85 bits per heavy atom. The van der Waals surface area contributed by atoms with Crippen molar-refractivity contribution in [3.8, 4) is 5.75 Å². The summed E-state index contributed by atoms with van der Waals surface area (Å²) in [5.41, 5.74) is 3.63. The fourth-order valence-electron chi connectivity index (χ4n) is 2.89. The maximum atomic E-state index is 12.5. The van der Waals surface area contributed by atoms with Crippen molar-refractivity contribution in [1.82, 2.24) is 10.3 Å². The Balaban J connectivity index is 1.72. The molecule has 0 saturated heterocycles. The molecule has 0 aliphatic heterocycles. The highest BCUT2D eigenvalue weighted by Gasteiger charge is 2.16. The minimum absolute atomic E-state index is 0.143. The first-order valence-corrected chi connectivity index (χ1v) is 8.81. The van der Waals surface area contributed by atoms with E-state index in [1.165, 1.54) is 0 Å². The van der Waals surface area contributed by atoms with Crippen molar-refractivity contribution < 1.29 is 9.53 Å². The molecule has 1 unspecified atom stereocenters. The van der Waals surface area contributed by atoms with E-state index >= 15 is 0 Å². The van der Waals surface area contributed by atoms with Crippen LogP contribution in [-0.4, -0.2) is 24.5 Å². The van der Waals surface area contributed by atoms with Crippen LogP contribution in [0.5, 0.6) is 5.75 Å². The summed E-state index contributed by atoms with van der Waals surface area (Å²) in [6, 6.07) is 21.2. The number of anilines is 1. The zero-order valence-electron chi connectivity index (χ0n) is 15.5. The zero-order chi connectivity index (χ0) is 19.1. The lowest BCUT2D eigenvalue weighted by Gasteiger charge is -2.19. The molecule has 5 heteroatoms. The van der Waals surface area contributed by atoms with E-state index in [0.29, 0.717) is 11.4 Å². The second-order valence-corrected chi connectivity index (χ2v) is 6.23. The molecule has 2 aromatic carbocycles. The van der Waals surface area contributed by atoms with Gasteiger partial charge in [0.25, 0.3) is 0 Å². The second-order valence-electron chi connectivity index (χ2n) is 6.23. The number of amides is 1. The molecular weight excluding hydrogens is 338 g/mol. The first kappa shape index (κ1) is 18.6. The van der Waals surface area contributed by atoms with Crippen LogP contribution < -0.4 is 15.4 Å². The maximum Gasteiger partial charge on any atom is 0.238 e. The molecule has 1 heterocycles. The minimum Gasteiger partial charge on any atom is -0.495 e. The van der Waals surface area contributed by atoms with E-state index in [2.05, 4.69) is 15.6 Å². The Kier molecular flexibility index (Phi) is 6.18. The fourth-order valence-corrected chi connectivity index (χ4v) is 2.89. The topological polar surface area (TPSA) is 63.2 Å². The molecule has 1 atom stereocenters. The van der Waals surface area contributed by atoms with Crippen molar-refractivity contribution in [3.05, 3.63) is 89.7 Å². The highest BCUT2D eigenvalue weighted by atomic mass is 16.5. The van der Waals surface area contributed by atoms with Gasteiger partial charge in [-0.2, -0.15) is 0 Å². The van der Waals surface area contributed by atoms with Gasteiger partial charge in [-0.25, -0.2) is 0 Å². The molecule has 3 aromatic rings. The van der Waals surface area contributed by atoms with Crippen LogP contribution in [0.1, 0.15) is 22.9 Å². The van der Waals surface area contributed by atoms with E-state index in [4.69, 9.17) is 4.74 Å². The fraction of sp³-hybridized carbons (Fsp3) is 0.182. The smallest absolute Gasteiger partial charge is 0.238 e. The molecule has 0 fully saturated rings. The molecule has 1 aromatic heterocycles. The third kappa shape index (κ3) is 4.92. The third-order valence-corrected chi connectivity index (χ3v) is 4.21. The Morgan fingerprint density at radius 3 is 2.56 bits per heavy atom. The molecule has 1 amide bonds. The van der Waals surface area contributed by atoms with E-state index in [1.807, 2.05) is 73.7 Å². The number of benzene rings is 2. The van der Waals surface area contributed by atoms with E-state index in [1.54, 1.807) is 13.3 Å². The average molecular weight is 361 g/mol. The summed E-state index contributed by atoms with van der Waals surface area (Å²) < 4.78 is 5.32. The lowest BCUT2D eigenvalue weighted by atomic mass is 10.0. The van der Waals surface area contributed by atoms with Gasteiger partial charge >= 0.3 is 0 Å². The SMILES string of the molecule is COc1ccc(C)cc1NC(=O)CNC(c1ccccc1)c1ccccn1. The van der Waals surface area contributed by atoms with E-state index < -0.39 is 0 Å². The summed E-state index contributed by atoms with van der Waals surface area (Å²) in [5, 5.41) is 6.22. The van der Waals surface area contributed by atoms with Gasteiger partial charge in [-0.1, -0.05) is 42.5 Å². The first-order valence-electron chi connectivity index (χ1n) is 8.81. The minimum atomic E-state index is -0.169. The quantitative estimate of drug-likeness (QED) is 0.673. The zero-order valence-corrected chi connectivity index (χ0v) is 15.5. The molecule has 138 valence electrons. The van der Waals surface area contributed by atoms with Crippen molar-refractivity contribution in [1.29, 1.82) is 0 Å². The predicted molar refractivity (Wildman–Crippen MR) is 107 cm³/mol. The van der Waals surface area contributed by atoms with Crippen LogP contribution in [0.4, 0.5) is 5.69 Å². The van der Waals surface area contributed by atoms with Gasteiger partial charge in [0.05, 0.1) is 31.1 Å². The Labute approximate surface area is 159 Å². The number of hydrogen-bond donors (Lipinski definition) is 2. The monoisotopic (exact) mass is 361 g/mol. The molecule has 3 rings (SSSR count). The van der Waals surface area contributed by atoms with Gasteiger partial charge in [-0.05, 0) is 42.3 Å². The number of aryl methyl sites for hydroxylation is 1. The Bertz CT molecular complexity index is 843. The van der Waals surface area contributed by atoms with E-state index in [9.17, 15) is 4.79 Å². The molecule has 0 aliphatic carbocycles. The lowest BCUT2D eigenvalue weighted by Crippen LogP contribution is -2.32. The van der Waals surface area contributed by atoms with Crippen molar-refractivity contribution in [2.75, 3.05) is 19.0 Å². The Hall–Kier alpha value is -3.18. The third-order valence-electron chi connectivity index (χ3n) is 4.21. The van der Waals surface area contributed by atoms with Gasteiger partial charge in [0.15, 0.2) is 0 Å². The van der Waals surface area contributed by atoms with Gasteiger partial charge in [-0.15, -0.1) is 0 Å². The molecular formula is C22H23N3O2.